The summed E-state index contributed by atoms with van der Waals surface area (Å²) in [5.74, 6) is -11.8. The fraction of sp³-hybridized carbons (Fsp3) is 0.770. The van der Waals surface area contributed by atoms with Crippen molar-refractivity contribution in [3.05, 3.63) is 18.2 Å². The molecule has 0 aliphatic heterocycles. The van der Waals surface area contributed by atoms with E-state index in [-0.39, 0.29) is 178 Å². The molecule has 1 rings (SSSR count). The number of imidazole rings is 1. The molecule has 4 amide bonds. The van der Waals surface area contributed by atoms with E-state index in [1.807, 2.05) is 0 Å². The van der Waals surface area contributed by atoms with Gasteiger partial charge >= 0.3 is 23.9 Å². The Morgan fingerprint density at radius 1 is 0.510 bits per heavy atom. The Balaban J connectivity index is 2.29. The number of carbonyl (C=O) groups is 14. The number of H-pyrrole nitrogens is 1. The first-order valence-corrected chi connectivity index (χ1v) is 37.3. The first kappa shape index (κ1) is 94.8. The number of aromatic nitrogens is 2. The highest BCUT2D eigenvalue weighted by Gasteiger charge is 2.37. The predicted octanol–water partition coefficient (Wildman–Crippen LogP) is 6.70. The molecule has 0 aromatic carbocycles. The number of unbranched alkanes of at least 4 members (excludes halogenated alkanes) is 14. The van der Waals surface area contributed by atoms with Gasteiger partial charge in [0, 0.05) is 119 Å². The minimum absolute atomic E-state index is 0.00672. The van der Waals surface area contributed by atoms with Crippen LogP contribution in [-0.4, -0.2) is 208 Å². The third-order valence-electron chi connectivity index (χ3n) is 18.1. The summed E-state index contributed by atoms with van der Waals surface area (Å²) >= 11 is 0. The molecule has 0 saturated heterocycles. The van der Waals surface area contributed by atoms with Crippen LogP contribution in [0.1, 0.15) is 246 Å². The maximum atomic E-state index is 13.8. The smallest absolute Gasteiger partial charge is 0.326 e. The van der Waals surface area contributed by atoms with Crippen molar-refractivity contribution in [3.63, 3.8) is 0 Å². The Kier molecular flexibility index (Phi) is 52.0. The Bertz CT molecular complexity index is 2740. The number of rotatable bonds is 70. The minimum atomic E-state index is -1.50. The number of hydrogen-bond donors (Lipinski definition) is 11. The first-order chi connectivity index (χ1) is 49.4. The van der Waals surface area contributed by atoms with Crippen LogP contribution in [0.15, 0.2) is 12.5 Å². The van der Waals surface area contributed by atoms with Gasteiger partial charge in [-0.3, -0.25) is 57.5 Å². The van der Waals surface area contributed by atoms with Crippen LogP contribution in [0.2, 0.25) is 0 Å². The second kappa shape index (κ2) is 57.0. The summed E-state index contributed by atoms with van der Waals surface area (Å²) < 4.78 is 21.5. The Labute approximate surface area is 612 Å². The van der Waals surface area contributed by atoms with Crippen molar-refractivity contribution in [1.29, 1.82) is 0 Å². The second-order valence-electron chi connectivity index (χ2n) is 27.9. The minimum Gasteiger partial charge on any atom is -0.481 e. The summed E-state index contributed by atoms with van der Waals surface area (Å²) in [5, 5.41) is 58.2. The molecule has 592 valence electrons. The summed E-state index contributed by atoms with van der Waals surface area (Å²) in [4.78, 5) is 181. The summed E-state index contributed by atoms with van der Waals surface area (Å²) in [6.07, 6.45) is 17.5. The highest BCUT2D eigenvalue weighted by molar-refractivity contribution is 5.94. The van der Waals surface area contributed by atoms with Crippen molar-refractivity contribution in [1.82, 2.24) is 31.2 Å². The quantitative estimate of drug-likeness (QED) is 0.0302. The number of hydrogen-bond acceptors (Lipinski definition) is 21. The van der Waals surface area contributed by atoms with Gasteiger partial charge in [-0.25, -0.2) is 14.6 Å². The lowest BCUT2D eigenvalue weighted by Gasteiger charge is -2.29. The number of amides is 4. The van der Waals surface area contributed by atoms with Gasteiger partial charge in [-0.1, -0.05) is 104 Å². The molecule has 104 heavy (non-hydrogen) atoms. The van der Waals surface area contributed by atoms with Gasteiger partial charge in [-0.15, -0.1) is 0 Å². The number of aliphatic carboxylic acids is 4. The molecular formula is C74H123N7O23. The SMILES string of the molecule is CC(=O)[C@@H](CCC(=O)[C@H](CCCCNC(=O)CC[C@H](NC(=O)CC[C@H](CC(=O)COCCOCCNC(=O)COCCOCCCC(=O)CC[C@H](NC(=O)CCCCCCCCCCCCCCCCC(=O)O)C(=O)O)C(=O)O)C(=O)O)CC(C)C(=O)C(C)(C)CC(=O)[C@@H](N)Cc1cnc[nH]1)[C@@H](C)O. The number of aromatic amines is 1. The third kappa shape index (κ3) is 48.0. The molecule has 1 unspecified atom stereocenters. The van der Waals surface area contributed by atoms with E-state index in [9.17, 15) is 87.5 Å². The number of ether oxygens (including phenoxy) is 4. The maximum absolute atomic E-state index is 13.8. The highest BCUT2D eigenvalue weighted by Crippen LogP contribution is 2.32. The molecule has 0 fully saturated rings. The molecule has 12 N–H and O–H groups in total. The number of carboxylic acids is 4. The van der Waals surface area contributed by atoms with Gasteiger partial charge in [-0.2, -0.15) is 0 Å². The summed E-state index contributed by atoms with van der Waals surface area (Å²) in [6, 6.07) is -3.51. The molecule has 30 nitrogen and oxygen atoms in total. The van der Waals surface area contributed by atoms with E-state index in [1.165, 1.54) is 52.3 Å². The van der Waals surface area contributed by atoms with Crippen molar-refractivity contribution < 1.29 is 112 Å². The van der Waals surface area contributed by atoms with E-state index in [1.54, 1.807) is 27.0 Å². The fourth-order valence-corrected chi connectivity index (χ4v) is 12.0. The molecule has 1 aromatic rings. The molecule has 0 aliphatic rings. The number of Topliss-reactive ketones (excluding diaryl/α,β-unsaturated/α-hetero) is 6. The predicted molar refractivity (Wildman–Crippen MR) is 383 cm³/mol. The molecule has 30 heteroatoms. The Morgan fingerprint density at radius 3 is 1.59 bits per heavy atom. The molecule has 0 spiro atoms. The lowest BCUT2D eigenvalue weighted by atomic mass is 9.73. The fourth-order valence-electron chi connectivity index (χ4n) is 12.0. The summed E-state index contributed by atoms with van der Waals surface area (Å²) in [6.45, 7) is 8.02. The largest absolute Gasteiger partial charge is 0.481 e. The van der Waals surface area contributed by atoms with Crippen LogP contribution < -0.4 is 27.0 Å². The number of aliphatic hydroxyl groups is 1. The average Bonchev–Trinajstić information content (AvgIpc) is 0.954. The first-order valence-electron chi connectivity index (χ1n) is 37.3. The van der Waals surface area contributed by atoms with Gasteiger partial charge in [0.25, 0.3) is 0 Å². The molecule has 1 aromatic heterocycles. The van der Waals surface area contributed by atoms with Crippen LogP contribution >= 0.6 is 0 Å². The van der Waals surface area contributed by atoms with Crippen LogP contribution in [-0.2, 0) is 92.5 Å². The van der Waals surface area contributed by atoms with Gasteiger partial charge < -0.3 is 76.5 Å². The van der Waals surface area contributed by atoms with Crippen LogP contribution in [0.4, 0.5) is 0 Å². The van der Waals surface area contributed by atoms with Crippen molar-refractivity contribution in [2.75, 3.05) is 65.9 Å². The zero-order chi connectivity index (χ0) is 77.7. The van der Waals surface area contributed by atoms with E-state index in [2.05, 4.69) is 31.2 Å². The number of nitrogens with two attached hydrogens (primary N) is 1. The zero-order valence-electron chi connectivity index (χ0n) is 62.3. The van der Waals surface area contributed by atoms with E-state index in [4.69, 9.17) is 29.8 Å². The van der Waals surface area contributed by atoms with Crippen LogP contribution in [0.3, 0.4) is 0 Å². The number of ketones is 6. The number of carbonyl (C=O) groups excluding carboxylic acids is 10. The van der Waals surface area contributed by atoms with Gasteiger partial charge in [0.05, 0.1) is 57.4 Å². The monoisotopic (exact) mass is 1480 g/mol. The number of nitrogens with one attached hydrogen (secondary N) is 5. The third-order valence-corrected chi connectivity index (χ3v) is 18.1. The van der Waals surface area contributed by atoms with Crippen molar-refractivity contribution in [2.24, 2.45) is 34.8 Å². The molecule has 8 atom stereocenters. The van der Waals surface area contributed by atoms with E-state index in [0.717, 1.165) is 51.4 Å². The Hall–Kier alpha value is -7.25. The van der Waals surface area contributed by atoms with Crippen molar-refractivity contribution in [2.45, 2.75) is 271 Å². The number of carboxylic acid groups (broad SMARTS) is 4. The van der Waals surface area contributed by atoms with Gasteiger partial charge in [0.15, 0.2) is 11.6 Å². The second-order valence-corrected chi connectivity index (χ2v) is 27.9. The Morgan fingerprint density at radius 2 is 1.04 bits per heavy atom. The molecule has 0 radical (unpaired) electrons. The maximum Gasteiger partial charge on any atom is 0.326 e. The molecule has 0 bridgehead atoms. The lowest BCUT2D eigenvalue weighted by molar-refractivity contribution is -0.145. The van der Waals surface area contributed by atoms with Crippen molar-refractivity contribution in [3.8, 4) is 0 Å². The number of nitrogens with zero attached hydrogens (tertiary/aromatic N) is 1. The van der Waals surface area contributed by atoms with E-state index >= 15 is 0 Å². The van der Waals surface area contributed by atoms with Crippen LogP contribution in [0.5, 0.6) is 0 Å². The molecule has 0 saturated carbocycles. The molecule has 1 heterocycles. The van der Waals surface area contributed by atoms with Gasteiger partial charge in [-0.05, 0) is 78.1 Å². The summed E-state index contributed by atoms with van der Waals surface area (Å²) in [7, 11) is 0. The topological polar surface area (TPSA) is 480 Å². The van der Waals surface area contributed by atoms with Gasteiger partial charge in [0.1, 0.15) is 48.4 Å². The van der Waals surface area contributed by atoms with Crippen molar-refractivity contribution >= 4 is 82.2 Å². The van der Waals surface area contributed by atoms with E-state index in [0.29, 0.717) is 37.8 Å². The highest BCUT2D eigenvalue weighted by atomic mass is 16.5. The molecule has 0 aliphatic carbocycles. The van der Waals surface area contributed by atoms with Crippen LogP contribution in [0.25, 0.3) is 0 Å². The summed E-state index contributed by atoms with van der Waals surface area (Å²) in [5.41, 5.74) is 5.74. The average molecular weight is 1480 g/mol. The number of aliphatic hydroxyl groups excluding tert-OH is 1. The van der Waals surface area contributed by atoms with Crippen LogP contribution in [0, 0.1) is 29.1 Å². The normalized spacial score (nSPS) is 13.8. The van der Waals surface area contributed by atoms with E-state index < -0.39 is 120 Å². The van der Waals surface area contributed by atoms with Gasteiger partial charge in [0.2, 0.25) is 23.6 Å². The molecular weight excluding hydrogens is 1350 g/mol. The lowest BCUT2D eigenvalue weighted by Crippen LogP contribution is -2.42. The standard InChI is InChI=1S/C74H123N7O23/c1-51(70(94)74(4,5)46-64(87)60(75)45-56-47-76-50-79-56)43-54(63(86)32-29-59(52(2)82)53(3)83)23-20-21-35-77-65(88)34-31-62(73(99)100)81-67(90)33-27-55(71(95)96)44-58(85)48-103-41-40-102-38-36-78-68(91)49-104-42-39-101-37-22-24-57(84)28-30-61(72(97)98)80-66(89)25-18-16-14-12-10-8-6-7-9-11-13-15-17-19-26-69(92)93/h47,50-52,54-55,59-62,82H,6-46,48-49,75H2,1-5H3,(H,76,79)(H,77,88)(H,78,91)(H,80,89)(H,81,90)(H,92,93)(H,95,96)(H,97,98)(H,99,100)/t51?,52-,54-,55-,59+,60+,61+,62+/m1/s1. The zero-order valence-corrected chi connectivity index (χ0v) is 62.3.